The molecule has 0 aliphatic carbocycles. The van der Waals surface area contributed by atoms with Crippen LogP contribution in [-0.2, 0) is 6.42 Å². The van der Waals surface area contributed by atoms with Gasteiger partial charge in [0.2, 0.25) is 5.88 Å². The van der Waals surface area contributed by atoms with Gasteiger partial charge >= 0.3 is 0 Å². The van der Waals surface area contributed by atoms with Crippen LogP contribution in [-0.4, -0.2) is 24.6 Å². The highest BCUT2D eigenvalue weighted by Gasteiger charge is 2.20. The molecule has 8 heteroatoms. The fourth-order valence-corrected chi connectivity index (χ4v) is 4.03. The van der Waals surface area contributed by atoms with Crippen molar-refractivity contribution in [1.82, 2.24) is 14.4 Å². The molecule has 1 aromatic carbocycles. The number of imidazole rings is 1. The van der Waals surface area contributed by atoms with E-state index >= 15 is 0 Å². The fraction of sp³-hybridized carbons (Fsp3) is 0.0455. The fourth-order valence-electron chi connectivity index (χ4n) is 3.24. The maximum atomic E-state index is 10.9. The zero-order chi connectivity index (χ0) is 20.7. The first kappa shape index (κ1) is 18.0. The number of hydrogen-bond donors (Lipinski definition) is 2. The van der Waals surface area contributed by atoms with Crippen molar-refractivity contribution < 1.29 is 14.6 Å². The molecule has 0 amide bonds. The topological polar surface area (TPSA) is 108 Å². The summed E-state index contributed by atoms with van der Waals surface area (Å²) in [6.07, 6.45) is 3.62. The average Bonchev–Trinajstić information content (AvgIpc) is 3.50. The van der Waals surface area contributed by atoms with Gasteiger partial charge in [0, 0.05) is 11.8 Å². The van der Waals surface area contributed by atoms with Crippen LogP contribution >= 0.6 is 11.3 Å². The number of nitriles is 1. The molecule has 0 atom stereocenters. The molecule has 5 aromatic rings. The quantitative estimate of drug-likeness (QED) is 0.445. The third kappa shape index (κ3) is 3.07. The lowest BCUT2D eigenvalue weighted by Gasteiger charge is -2.07. The molecule has 0 aliphatic heterocycles. The molecule has 2 N–H and O–H groups in total. The number of phenols is 1. The molecule has 4 heterocycles. The molecule has 0 saturated carbocycles. The Morgan fingerprint density at radius 3 is 2.60 bits per heavy atom. The first-order chi connectivity index (χ1) is 14.6. The third-order valence-electron chi connectivity index (χ3n) is 4.69. The van der Waals surface area contributed by atoms with E-state index < -0.39 is 0 Å². The summed E-state index contributed by atoms with van der Waals surface area (Å²) in [7, 11) is 0. The molecule has 0 unspecified atom stereocenters. The minimum Gasteiger partial charge on any atom is -0.508 e. The number of aromatic hydroxyl groups is 2. The van der Waals surface area contributed by atoms with Gasteiger partial charge in [0.05, 0.1) is 23.3 Å². The van der Waals surface area contributed by atoms with Crippen LogP contribution in [0.4, 0.5) is 0 Å². The normalized spacial score (nSPS) is 11.0. The van der Waals surface area contributed by atoms with Crippen LogP contribution < -0.4 is 0 Å². The molecule has 0 fully saturated rings. The van der Waals surface area contributed by atoms with E-state index in [2.05, 4.69) is 11.1 Å². The summed E-state index contributed by atoms with van der Waals surface area (Å²) < 4.78 is 6.98. The minimum absolute atomic E-state index is 0.00198. The van der Waals surface area contributed by atoms with Crippen molar-refractivity contribution in [3.8, 4) is 39.5 Å². The molecule has 7 nitrogen and oxygen atoms in total. The largest absolute Gasteiger partial charge is 0.508 e. The van der Waals surface area contributed by atoms with Crippen molar-refractivity contribution in [2.75, 3.05) is 0 Å². The number of thiophene rings is 1. The van der Waals surface area contributed by atoms with Crippen molar-refractivity contribution in [3.63, 3.8) is 0 Å². The summed E-state index contributed by atoms with van der Waals surface area (Å²) in [6.45, 7) is 0. The Morgan fingerprint density at radius 1 is 1.07 bits per heavy atom. The Bertz CT molecular complexity index is 1390. The lowest BCUT2D eigenvalue weighted by Crippen LogP contribution is -1.95. The van der Waals surface area contributed by atoms with Crippen LogP contribution in [0.2, 0.25) is 0 Å². The molecule has 0 radical (unpaired) electrons. The van der Waals surface area contributed by atoms with Gasteiger partial charge in [-0.2, -0.15) is 5.26 Å². The summed E-state index contributed by atoms with van der Waals surface area (Å²) in [5.74, 6) is 0.843. The Balaban J connectivity index is 1.73. The number of aromatic nitrogens is 3. The Labute approximate surface area is 174 Å². The van der Waals surface area contributed by atoms with Crippen LogP contribution in [0.1, 0.15) is 16.3 Å². The van der Waals surface area contributed by atoms with Crippen molar-refractivity contribution >= 4 is 17.0 Å². The predicted octanol–water partition coefficient (Wildman–Crippen LogP) is 4.59. The molecular weight excluding hydrogens is 400 g/mol. The van der Waals surface area contributed by atoms with Crippen molar-refractivity contribution in [2.45, 2.75) is 6.42 Å². The van der Waals surface area contributed by atoms with E-state index in [1.165, 1.54) is 11.3 Å². The highest BCUT2D eigenvalue weighted by atomic mass is 32.1. The average molecular weight is 414 g/mol. The number of nitrogens with zero attached hydrogens (tertiary/aromatic N) is 4. The second kappa shape index (κ2) is 7.06. The van der Waals surface area contributed by atoms with Crippen molar-refractivity contribution in [3.05, 3.63) is 77.3 Å². The van der Waals surface area contributed by atoms with Gasteiger partial charge in [-0.05, 0) is 48.5 Å². The van der Waals surface area contributed by atoms with E-state index in [4.69, 9.17) is 9.40 Å². The van der Waals surface area contributed by atoms with Crippen LogP contribution in [0, 0.1) is 11.3 Å². The summed E-state index contributed by atoms with van der Waals surface area (Å²) >= 11 is 1.31. The van der Waals surface area contributed by atoms with E-state index in [1.54, 1.807) is 53.3 Å². The first-order valence-corrected chi connectivity index (χ1v) is 9.87. The van der Waals surface area contributed by atoms with Gasteiger partial charge in [-0.1, -0.05) is 0 Å². The SMILES string of the molecule is N#Cc1ccc(-c2nc(-c3ccc(O)cc3)cn3c(O)c(Cc4ccco4)nc23)s1. The zero-order valence-electron chi connectivity index (χ0n) is 15.5. The zero-order valence-corrected chi connectivity index (χ0v) is 16.3. The van der Waals surface area contributed by atoms with Crippen LogP contribution in [0.5, 0.6) is 11.6 Å². The van der Waals surface area contributed by atoms with Gasteiger partial charge in [0.1, 0.15) is 33.8 Å². The number of phenolic OH excluding ortho intramolecular Hbond substituents is 1. The van der Waals surface area contributed by atoms with Crippen molar-refractivity contribution in [2.24, 2.45) is 0 Å². The molecule has 4 aromatic heterocycles. The maximum Gasteiger partial charge on any atom is 0.219 e. The highest BCUT2D eigenvalue weighted by molar-refractivity contribution is 7.16. The van der Waals surface area contributed by atoms with Gasteiger partial charge in [-0.25, -0.2) is 9.97 Å². The molecule has 30 heavy (non-hydrogen) atoms. The van der Waals surface area contributed by atoms with Gasteiger partial charge in [-0.3, -0.25) is 4.40 Å². The third-order valence-corrected chi connectivity index (χ3v) is 5.68. The molecule has 0 spiro atoms. The van der Waals surface area contributed by atoms with Gasteiger partial charge in [-0.15, -0.1) is 11.3 Å². The summed E-state index contributed by atoms with van der Waals surface area (Å²) in [4.78, 5) is 10.7. The van der Waals surface area contributed by atoms with E-state index in [0.717, 1.165) is 10.4 Å². The van der Waals surface area contributed by atoms with E-state index in [9.17, 15) is 15.5 Å². The standard InChI is InChI=1S/C22H14N4O3S/c23-11-16-7-8-19(30-16)20-21-25-17(10-15-2-1-9-29-15)22(28)26(21)12-18(24-20)13-3-5-14(27)6-4-13/h1-9,12,27-28H,10H2. The lowest BCUT2D eigenvalue weighted by molar-refractivity contribution is 0.438. The molecule has 0 bridgehead atoms. The summed E-state index contributed by atoms with van der Waals surface area (Å²) in [5.41, 5.74) is 2.89. The highest BCUT2D eigenvalue weighted by Crippen LogP contribution is 2.35. The summed E-state index contributed by atoms with van der Waals surface area (Å²) in [6, 6.07) is 16.0. The number of benzene rings is 1. The minimum atomic E-state index is 0.00198. The lowest BCUT2D eigenvalue weighted by atomic mass is 10.1. The van der Waals surface area contributed by atoms with E-state index in [1.807, 2.05) is 12.1 Å². The van der Waals surface area contributed by atoms with Crippen LogP contribution in [0.15, 0.2) is 65.4 Å². The van der Waals surface area contributed by atoms with Gasteiger partial charge in [0.15, 0.2) is 5.65 Å². The molecule has 0 saturated heterocycles. The molecule has 0 aliphatic rings. The smallest absolute Gasteiger partial charge is 0.219 e. The Hall–Kier alpha value is -4.09. The molecule has 146 valence electrons. The number of rotatable bonds is 4. The van der Waals surface area contributed by atoms with Crippen molar-refractivity contribution in [1.29, 1.82) is 5.26 Å². The second-order valence-electron chi connectivity index (χ2n) is 6.63. The monoisotopic (exact) mass is 414 g/mol. The van der Waals surface area contributed by atoms with Crippen LogP contribution in [0.25, 0.3) is 27.5 Å². The Morgan fingerprint density at radius 2 is 1.90 bits per heavy atom. The molecular formula is C22H14N4O3S. The number of fused-ring (bicyclic) bond motifs is 1. The van der Waals surface area contributed by atoms with E-state index in [0.29, 0.717) is 39.8 Å². The predicted molar refractivity (Wildman–Crippen MR) is 111 cm³/mol. The maximum absolute atomic E-state index is 10.9. The van der Waals surface area contributed by atoms with Crippen LogP contribution in [0.3, 0.4) is 0 Å². The Kier molecular flexibility index (Phi) is 4.23. The number of hydrogen-bond acceptors (Lipinski definition) is 7. The number of furan rings is 1. The van der Waals surface area contributed by atoms with Gasteiger partial charge in [0.25, 0.3) is 0 Å². The second-order valence-corrected chi connectivity index (χ2v) is 7.71. The first-order valence-electron chi connectivity index (χ1n) is 9.05. The van der Waals surface area contributed by atoms with E-state index in [-0.39, 0.29) is 11.6 Å². The summed E-state index contributed by atoms with van der Waals surface area (Å²) in [5, 5.41) is 29.7. The van der Waals surface area contributed by atoms with Gasteiger partial charge < -0.3 is 14.6 Å². The molecule has 5 rings (SSSR count).